The molecule has 0 unspecified atom stereocenters. The van der Waals surface area contributed by atoms with Crippen LogP contribution in [-0.2, 0) is 197 Å². The van der Waals surface area contributed by atoms with Crippen molar-refractivity contribution in [2.45, 2.75) is 159 Å². The molecular weight excluding hydrogens is 2690 g/mol. The summed E-state index contributed by atoms with van der Waals surface area (Å²) < 4.78 is 14.3. The van der Waals surface area contributed by atoms with Crippen molar-refractivity contribution in [3.05, 3.63) is 354 Å². The molecule has 6 aliphatic heterocycles. The number of fused-ring (bicyclic) bond motifs is 18. The standard InChI is InChI=1S/C20H17N2.4C19H15N2.C18H13N2.6Ir/c1-12-17-11-20(2,3)16-10-6-9-14-13-7-4-5-8-15(13)19(21-12)22(17)18(14)16;1-11-5-3-8-15-17(11)14-7-4-6-13-9-10-16-12(2)20-19(15)21(16)18(13)14;1-11-6-8-14-15-5-3-4-13-7-9-17-12(2)20-19(16(14)10-11)21(17)18(13)15;1-11-6-8-15-16(10-11)14-5-3-4-13-7-9-17-12(2)20-19(15)21(17)18(13)14;1-11-7-8-13-9-10-16-12(2)20-19-15-6-4-3-5-14(15)17(11)18(13)21(16)19;1-11-16-10-9-12-5-4-8-14-13-6-2-3-7-15(13)18(19-11)20(16)17(12)14;;;;;;/h4-7,9-10H,11H2,1-3H3;3-7H,9-10H2,1-2H3;3-6,8H,7,9H2,1-2H3;3-6,10H,7,9H2,1-2H3;3-5,7-8H,9-10H2,1-2H3;2-6,8H,9-10H2,1H3;;;;;;/q6*-1;;;;;;. The van der Waals surface area contributed by atoms with Gasteiger partial charge in [0.1, 0.15) is 0 Å². The average molecular weight is 2780 g/mol. The van der Waals surface area contributed by atoms with Gasteiger partial charge in [0, 0.05) is 222 Å². The van der Waals surface area contributed by atoms with E-state index >= 15 is 0 Å². The second-order valence-electron chi connectivity index (χ2n) is 36.8. The first kappa shape index (κ1) is 90.9. The molecule has 0 spiro atoms. The zero-order valence-electron chi connectivity index (χ0n) is 75.1. The zero-order chi connectivity index (χ0) is 84.9. The topological polar surface area (TPSA) is 104 Å². The molecule has 12 aromatic heterocycles. The van der Waals surface area contributed by atoms with Gasteiger partial charge in [-0.05, 0) is 190 Å². The first-order valence-corrected chi connectivity index (χ1v) is 44.8. The maximum atomic E-state index is 4.89. The van der Waals surface area contributed by atoms with Crippen LogP contribution >= 0.6 is 0 Å². The van der Waals surface area contributed by atoms with Crippen LogP contribution in [0.15, 0.2) is 194 Å². The van der Waals surface area contributed by atoms with E-state index in [1.807, 2.05) is 24.3 Å². The van der Waals surface area contributed by atoms with Crippen LogP contribution in [0.3, 0.4) is 0 Å². The SMILES string of the molecule is Cc1[c-]c2c(cc1)c1cccc3c1n1c(c(C)nc21)CC3.Cc1c[c-]c2c(c1)c1cccc3c1n1c(c(C)nc21)CC3.Cc1nc2c3[c-]ccc(C)c3c3cccc4c3n2c1CC4.Cc1nc2c3[c-]cccc3c3c(C)ccc4c3n2c1CC4.Cc1nc2c3[c-]cccc3c3cccc4c3n2c1CC4.Cc1nc2c3[c-]cccc3c3cccc4c3n2c1CC4(C)C.[Ir].[Ir].[Ir].[Ir].[Ir].[Ir]. The molecule has 0 N–H and O–H groups in total. The second-order valence-corrected chi connectivity index (χ2v) is 36.8. The normalized spacial score (nSPS) is 13.6. The van der Waals surface area contributed by atoms with E-state index in [9.17, 15) is 0 Å². The van der Waals surface area contributed by atoms with Crippen LogP contribution in [0, 0.1) is 106 Å². The maximum absolute atomic E-state index is 4.89. The summed E-state index contributed by atoms with van der Waals surface area (Å²) >= 11 is 0. The fourth-order valence-corrected chi connectivity index (χ4v) is 23.1. The van der Waals surface area contributed by atoms with E-state index in [1.165, 1.54) is 188 Å². The van der Waals surface area contributed by atoms with Crippen molar-refractivity contribution in [1.82, 2.24) is 56.3 Å². The predicted molar refractivity (Wildman–Crippen MR) is 515 cm³/mol. The van der Waals surface area contributed by atoms with Gasteiger partial charge < -0.3 is 26.4 Å². The molecule has 132 heavy (non-hydrogen) atoms. The van der Waals surface area contributed by atoms with Gasteiger partial charge in [-0.2, -0.15) is 0 Å². The molecule has 18 heterocycles. The van der Waals surface area contributed by atoms with E-state index in [0.29, 0.717) is 0 Å². The van der Waals surface area contributed by atoms with Gasteiger partial charge in [-0.1, -0.05) is 186 Å². The minimum absolute atomic E-state index is 0. The van der Waals surface area contributed by atoms with Crippen molar-refractivity contribution in [1.29, 1.82) is 0 Å². The maximum Gasteiger partial charge on any atom is 0.0614 e. The number of benzene rings is 12. The number of hydrogen-bond acceptors (Lipinski definition) is 6. The van der Waals surface area contributed by atoms with E-state index < -0.39 is 0 Å². The van der Waals surface area contributed by atoms with Crippen LogP contribution < -0.4 is 0 Å². The number of nitrogens with zero attached hydrogens (tertiary/aromatic N) is 12. The Bertz CT molecular complexity index is 8970. The van der Waals surface area contributed by atoms with Gasteiger partial charge in [0.15, 0.2) is 0 Å². The van der Waals surface area contributed by atoms with E-state index in [1.54, 1.807) is 0 Å². The Morgan fingerprint density at radius 3 is 1.08 bits per heavy atom. The van der Waals surface area contributed by atoms with Gasteiger partial charge in [0.2, 0.25) is 0 Å². The molecule has 30 rings (SSSR count). The molecule has 6 aliphatic rings. The number of aryl methyl sites for hydroxylation is 20. The summed E-state index contributed by atoms with van der Waals surface area (Å²) in [6.07, 6.45) is 12.0. The van der Waals surface area contributed by atoms with Gasteiger partial charge in [-0.25, -0.2) is 0 Å². The Balaban J connectivity index is 0.000000101. The minimum atomic E-state index is 0. The molecule has 12 nitrogen and oxygen atoms in total. The second kappa shape index (κ2) is 34.3. The Labute approximate surface area is 846 Å². The number of pyridine rings is 6. The summed E-state index contributed by atoms with van der Waals surface area (Å²) in [5, 5.41) is 22.5. The predicted octanol–water partition coefficient (Wildman–Crippen LogP) is 25.0. The minimum Gasteiger partial charge on any atom is -0.337 e. The van der Waals surface area contributed by atoms with Crippen molar-refractivity contribution < 1.29 is 121 Å². The molecule has 12 aromatic carbocycles. The third kappa shape index (κ3) is 13.5. The smallest absolute Gasteiger partial charge is 0.0614 e. The van der Waals surface area contributed by atoms with Crippen LogP contribution in [0.25, 0.3) is 164 Å². The van der Waals surface area contributed by atoms with E-state index in [2.05, 4.69) is 316 Å². The molecule has 18 heteroatoms. The average Bonchev–Trinajstić information content (AvgIpc) is 1.38. The first-order chi connectivity index (χ1) is 61.4. The third-order valence-electron chi connectivity index (χ3n) is 28.8. The molecule has 0 saturated carbocycles. The molecular formula is C114H90Ir6N12-6. The van der Waals surface area contributed by atoms with Crippen molar-refractivity contribution in [3.63, 3.8) is 0 Å². The number of imidazole rings is 6. The summed E-state index contributed by atoms with van der Waals surface area (Å²) in [6.45, 7) is 26.1. The Morgan fingerprint density at radius 2 is 0.606 bits per heavy atom. The van der Waals surface area contributed by atoms with Crippen molar-refractivity contribution in [3.8, 4) is 0 Å². The number of rotatable bonds is 0. The molecule has 0 fully saturated rings. The molecule has 0 amide bonds. The van der Waals surface area contributed by atoms with Gasteiger partial charge in [-0.3, -0.25) is 29.9 Å². The molecule has 24 aromatic rings. The quantitative estimate of drug-likeness (QED) is 0.111. The Hall–Kier alpha value is -10.2. The summed E-state index contributed by atoms with van der Waals surface area (Å²) in [5.74, 6) is 0. The van der Waals surface area contributed by atoms with Crippen molar-refractivity contribution in [2.24, 2.45) is 0 Å². The van der Waals surface area contributed by atoms with E-state index in [4.69, 9.17) is 29.9 Å². The Kier molecular flexibility index (Phi) is 23.6. The molecule has 0 bridgehead atoms. The monoisotopic (exact) mass is 2780 g/mol. The summed E-state index contributed by atoms with van der Waals surface area (Å²) in [7, 11) is 0. The fraction of sp³-hybridized carbons (Fsp3) is 0.211. The van der Waals surface area contributed by atoms with Crippen molar-refractivity contribution in [2.75, 3.05) is 0 Å². The molecule has 0 aliphatic carbocycles. The molecule has 666 valence electrons. The van der Waals surface area contributed by atoms with Crippen LogP contribution in [0.2, 0.25) is 0 Å². The molecule has 6 radical (unpaired) electrons. The summed E-state index contributed by atoms with van der Waals surface area (Å²) in [4.78, 5) is 29.2. The summed E-state index contributed by atoms with van der Waals surface area (Å²) in [5.41, 5.74) is 43.4. The van der Waals surface area contributed by atoms with Crippen LogP contribution in [0.4, 0.5) is 0 Å². The molecule has 0 atom stereocenters. The van der Waals surface area contributed by atoms with Gasteiger partial charge in [0.05, 0.1) is 33.9 Å². The largest absolute Gasteiger partial charge is 0.337 e. The third-order valence-corrected chi connectivity index (χ3v) is 28.8. The van der Waals surface area contributed by atoms with Gasteiger partial charge in [-0.15, -0.1) is 166 Å². The first-order valence-electron chi connectivity index (χ1n) is 44.8. The Morgan fingerprint density at radius 1 is 0.265 bits per heavy atom. The van der Waals surface area contributed by atoms with Gasteiger partial charge in [0.25, 0.3) is 0 Å². The van der Waals surface area contributed by atoms with E-state index in [0.717, 1.165) is 171 Å². The van der Waals surface area contributed by atoms with Crippen LogP contribution in [-0.4, -0.2) is 56.3 Å². The molecule has 0 saturated heterocycles. The zero-order valence-corrected chi connectivity index (χ0v) is 89.5. The number of hydrogen-bond donors (Lipinski definition) is 0. The van der Waals surface area contributed by atoms with Crippen LogP contribution in [0.5, 0.6) is 0 Å². The summed E-state index contributed by atoms with van der Waals surface area (Å²) in [6, 6.07) is 90.1. The van der Waals surface area contributed by atoms with Gasteiger partial charge >= 0.3 is 0 Å². The van der Waals surface area contributed by atoms with Crippen LogP contribution in [0.1, 0.15) is 138 Å². The fourth-order valence-electron chi connectivity index (χ4n) is 23.1. The number of aromatic nitrogens is 12. The van der Waals surface area contributed by atoms with Crippen molar-refractivity contribution >= 4 is 164 Å². The number of para-hydroxylation sites is 5. The van der Waals surface area contributed by atoms with E-state index in [-0.39, 0.29) is 126 Å².